The average Bonchev–Trinajstić information content (AvgIpc) is 3.15. The van der Waals surface area contributed by atoms with Gasteiger partial charge in [0.1, 0.15) is 5.75 Å². The molecule has 0 unspecified atom stereocenters. The van der Waals surface area contributed by atoms with Crippen molar-refractivity contribution in [3.63, 3.8) is 0 Å². The largest absolute Gasteiger partial charge is 0.478 e. The predicted octanol–water partition coefficient (Wildman–Crippen LogP) is 4.03. The molecule has 3 rings (SSSR count). The highest BCUT2D eigenvalue weighted by Crippen LogP contribution is 2.23. The maximum atomic E-state index is 12.6. The molecule has 0 atom stereocenters. The maximum Gasteiger partial charge on any atom is 0.266 e. The number of hydrogen-bond acceptors (Lipinski definition) is 3. The fourth-order valence-electron chi connectivity index (χ4n) is 2.95. The monoisotopic (exact) mass is 336 g/mol. The van der Waals surface area contributed by atoms with E-state index in [1.165, 1.54) is 0 Å². The first kappa shape index (κ1) is 17.2. The van der Waals surface area contributed by atoms with Crippen LogP contribution in [-0.2, 0) is 4.79 Å². The Morgan fingerprint density at radius 1 is 1.00 bits per heavy atom. The summed E-state index contributed by atoms with van der Waals surface area (Å²) in [7, 11) is 0. The predicted molar refractivity (Wildman–Crippen MR) is 100 cm³/mol. The first-order chi connectivity index (χ1) is 12.0. The minimum Gasteiger partial charge on any atom is -0.478 e. The lowest BCUT2D eigenvalue weighted by Gasteiger charge is -2.29. The molecule has 1 aromatic carbocycles. The van der Waals surface area contributed by atoms with E-state index < -0.39 is 5.60 Å². The molecule has 1 saturated heterocycles. The molecule has 1 aliphatic rings. The molecule has 1 amide bonds. The fourth-order valence-corrected chi connectivity index (χ4v) is 2.95. The number of likely N-dealkylation sites (tertiary alicyclic amines) is 1. The van der Waals surface area contributed by atoms with Gasteiger partial charge in [-0.3, -0.25) is 9.78 Å². The standard InChI is InChI=1S/C21H24N2O2/c1-21(2,20(24)23-15-3-4-16-23)25-19-9-7-17(8-10-19)5-6-18-11-13-22-14-12-18/h5-14H,3-4,15-16H2,1-2H3/b6-5+. The minimum atomic E-state index is -0.848. The molecule has 0 aliphatic carbocycles. The van der Waals surface area contributed by atoms with Crippen molar-refractivity contribution in [3.8, 4) is 5.75 Å². The first-order valence-electron chi connectivity index (χ1n) is 8.71. The fraction of sp³-hybridized carbons (Fsp3) is 0.333. The Balaban J connectivity index is 1.63. The van der Waals surface area contributed by atoms with Crippen LogP contribution in [0.2, 0.25) is 0 Å². The van der Waals surface area contributed by atoms with E-state index in [1.807, 2.05) is 67.3 Å². The summed E-state index contributed by atoms with van der Waals surface area (Å²) < 4.78 is 5.97. The van der Waals surface area contributed by atoms with Gasteiger partial charge >= 0.3 is 0 Å². The number of carbonyl (C=O) groups is 1. The average molecular weight is 336 g/mol. The number of nitrogens with zero attached hydrogens (tertiary/aromatic N) is 2. The summed E-state index contributed by atoms with van der Waals surface area (Å²) in [4.78, 5) is 18.5. The molecule has 1 aromatic heterocycles. The number of aromatic nitrogens is 1. The Bertz CT molecular complexity index is 730. The van der Waals surface area contributed by atoms with Crippen molar-refractivity contribution in [1.29, 1.82) is 0 Å². The SMILES string of the molecule is CC(C)(Oc1ccc(/C=C/c2ccncc2)cc1)C(=O)N1CCCC1. The lowest BCUT2D eigenvalue weighted by atomic mass is 10.1. The Hall–Kier alpha value is -2.62. The van der Waals surface area contributed by atoms with Crippen LogP contribution in [0, 0.1) is 0 Å². The van der Waals surface area contributed by atoms with Gasteiger partial charge in [-0.25, -0.2) is 0 Å². The number of pyridine rings is 1. The summed E-state index contributed by atoms with van der Waals surface area (Å²) in [6, 6.07) is 11.7. The Labute approximate surface area is 149 Å². The molecular weight excluding hydrogens is 312 g/mol. The van der Waals surface area contributed by atoms with Crippen molar-refractivity contribution >= 4 is 18.1 Å². The molecule has 130 valence electrons. The Morgan fingerprint density at radius 3 is 2.16 bits per heavy atom. The number of ether oxygens (including phenoxy) is 1. The first-order valence-corrected chi connectivity index (χ1v) is 8.71. The highest BCUT2D eigenvalue weighted by Gasteiger charge is 2.35. The van der Waals surface area contributed by atoms with E-state index in [-0.39, 0.29) is 5.91 Å². The minimum absolute atomic E-state index is 0.0617. The van der Waals surface area contributed by atoms with Crippen molar-refractivity contribution in [2.24, 2.45) is 0 Å². The summed E-state index contributed by atoms with van der Waals surface area (Å²) >= 11 is 0. The third-order valence-corrected chi connectivity index (χ3v) is 4.34. The van der Waals surface area contributed by atoms with Crippen LogP contribution in [0.5, 0.6) is 5.75 Å². The zero-order valence-electron chi connectivity index (χ0n) is 14.8. The van der Waals surface area contributed by atoms with E-state index in [4.69, 9.17) is 4.74 Å². The summed E-state index contributed by atoms with van der Waals surface area (Å²) in [6.07, 6.45) is 9.80. The summed E-state index contributed by atoms with van der Waals surface area (Å²) in [5.74, 6) is 0.769. The van der Waals surface area contributed by atoms with Gasteiger partial charge in [0, 0.05) is 25.5 Å². The van der Waals surface area contributed by atoms with Gasteiger partial charge in [-0.05, 0) is 62.1 Å². The highest BCUT2D eigenvalue weighted by atomic mass is 16.5. The van der Waals surface area contributed by atoms with Crippen molar-refractivity contribution < 1.29 is 9.53 Å². The van der Waals surface area contributed by atoms with E-state index in [0.29, 0.717) is 5.75 Å². The molecule has 0 radical (unpaired) electrons. The third-order valence-electron chi connectivity index (χ3n) is 4.34. The molecule has 4 nitrogen and oxygen atoms in total. The molecule has 1 aliphatic heterocycles. The van der Waals surface area contributed by atoms with Crippen LogP contribution in [0.1, 0.15) is 37.8 Å². The van der Waals surface area contributed by atoms with Crippen molar-refractivity contribution in [2.75, 3.05) is 13.1 Å². The quantitative estimate of drug-likeness (QED) is 0.828. The molecule has 25 heavy (non-hydrogen) atoms. The normalized spacial score (nSPS) is 14.9. The van der Waals surface area contributed by atoms with Gasteiger partial charge in [0.25, 0.3) is 5.91 Å². The second-order valence-corrected chi connectivity index (χ2v) is 6.79. The number of rotatable bonds is 5. The van der Waals surface area contributed by atoms with E-state index in [2.05, 4.69) is 4.98 Å². The second-order valence-electron chi connectivity index (χ2n) is 6.79. The Kier molecular flexibility index (Phi) is 5.17. The highest BCUT2D eigenvalue weighted by molar-refractivity contribution is 5.85. The van der Waals surface area contributed by atoms with Crippen LogP contribution in [0.4, 0.5) is 0 Å². The summed E-state index contributed by atoms with van der Waals surface area (Å²) in [5.41, 5.74) is 1.33. The van der Waals surface area contributed by atoms with Crippen LogP contribution in [0.25, 0.3) is 12.2 Å². The summed E-state index contributed by atoms with van der Waals surface area (Å²) in [5, 5.41) is 0. The molecule has 0 bridgehead atoms. The van der Waals surface area contributed by atoms with Crippen molar-refractivity contribution in [3.05, 3.63) is 59.9 Å². The molecule has 2 aromatic rings. The smallest absolute Gasteiger partial charge is 0.266 e. The van der Waals surface area contributed by atoms with Crippen molar-refractivity contribution in [2.45, 2.75) is 32.3 Å². The van der Waals surface area contributed by atoms with Crippen LogP contribution in [0.15, 0.2) is 48.8 Å². The number of amides is 1. The zero-order chi connectivity index (χ0) is 17.7. The molecular formula is C21H24N2O2. The molecule has 0 spiro atoms. The Morgan fingerprint density at radius 2 is 1.56 bits per heavy atom. The van der Waals surface area contributed by atoms with E-state index in [0.717, 1.165) is 37.1 Å². The molecule has 1 fully saturated rings. The van der Waals surface area contributed by atoms with Gasteiger partial charge in [-0.1, -0.05) is 24.3 Å². The van der Waals surface area contributed by atoms with Gasteiger partial charge in [0.2, 0.25) is 0 Å². The summed E-state index contributed by atoms with van der Waals surface area (Å²) in [6.45, 7) is 5.35. The van der Waals surface area contributed by atoms with Gasteiger partial charge < -0.3 is 9.64 Å². The number of hydrogen-bond donors (Lipinski definition) is 0. The van der Waals surface area contributed by atoms with Gasteiger partial charge in [-0.2, -0.15) is 0 Å². The lowest BCUT2D eigenvalue weighted by Crippen LogP contribution is -2.47. The molecule has 0 N–H and O–H groups in total. The van der Waals surface area contributed by atoms with Gasteiger partial charge in [0.15, 0.2) is 5.60 Å². The second kappa shape index (κ2) is 7.51. The van der Waals surface area contributed by atoms with Crippen LogP contribution in [-0.4, -0.2) is 34.5 Å². The zero-order valence-corrected chi connectivity index (χ0v) is 14.8. The lowest BCUT2D eigenvalue weighted by molar-refractivity contribution is -0.144. The van der Waals surface area contributed by atoms with Gasteiger partial charge in [-0.15, -0.1) is 0 Å². The molecule has 0 saturated carbocycles. The molecule has 4 heteroatoms. The van der Waals surface area contributed by atoms with Crippen molar-refractivity contribution in [1.82, 2.24) is 9.88 Å². The van der Waals surface area contributed by atoms with E-state index in [9.17, 15) is 4.79 Å². The topological polar surface area (TPSA) is 42.4 Å². The number of carbonyl (C=O) groups excluding carboxylic acids is 1. The van der Waals surface area contributed by atoms with E-state index in [1.54, 1.807) is 12.4 Å². The van der Waals surface area contributed by atoms with E-state index >= 15 is 0 Å². The van der Waals surface area contributed by atoms with Crippen LogP contribution >= 0.6 is 0 Å². The third kappa shape index (κ3) is 4.47. The van der Waals surface area contributed by atoms with Crippen LogP contribution in [0.3, 0.4) is 0 Å². The maximum absolute atomic E-state index is 12.6. The number of benzene rings is 1. The van der Waals surface area contributed by atoms with Crippen LogP contribution < -0.4 is 4.74 Å². The molecule has 2 heterocycles. The van der Waals surface area contributed by atoms with Gasteiger partial charge in [0.05, 0.1) is 0 Å².